The van der Waals surface area contributed by atoms with Crippen molar-refractivity contribution in [3.63, 3.8) is 0 Å². The minimum Gasteiger partial charge on any atom is -0.380 e. The Balaban J connectivity index is 1.75. The van der Waals surface area contributed by atoms with E-state index in [-0.39, 0.29) is 0 Å². The van der Waals surface area contributed by atoms with Crippen LogP contribution in [0.15, 0.2) is 24.5 Å². The predicted octanol–water partition coefficient (Wildman–Crippen LogP) is 2.76. The Labute approximate surface area is 121 Å². The molecule has 1 aromatic heterocycles. The van der Waals surface area contributed by atoms with Crippen LogP contribution in [0.4, 0.5) is 0 Å². The smallest absolute Gasteiger partial charge is 0.0554 e. The van der Waals surface area contributed by atoms with Crippen molar-refractivity contribution >= 4 is 5.57 Å². The van der Waals surface area contributed by atoms with Crippen LogP contribution in [0.5, 0.6) is 0 Å². The van der Waals surface area contributed by atoms with E-state index in [0.717, 1.165) is 32.8 Å². The first-order valence-corrected chi connectivity index (χ1v) is 7.47. The van der Waals surface area contributed by atoms with Crippen LogP contribution in [0.2, 0.25) is 0 Å². The second-order valence-corrected chi connectivity index (χ2v) is 6.89. The molecule has 0 amide bonds. The molecule has 1 aromatic rings. The molecule has 0 unspecified atom stereocenters. The van der Waals surface area contributed by atoms with E-state index >= 15 is 0 Å². The first-order chi connectivity index (χ1) is 9.54. The Morgan fingerprint density at radius 3 is 2.85 bits per heavy atom. The Morgan fingerprint density at radius 1 is 1.40 bits per heavy atom. The molecule has 2 aliphatic heterocycles. The second-order valence-electron chi connectivity index (χ2n) is 6.89. The highest BCUT2D eigenvalue weighted by Crippen LogP contribution is 2.31. The number of aromatic nitrogens is 1. The molecule has 1 saturated heterocycles. The number of hydrogen-bond donors (Lipinski definition) is 0. The van der Waals surface area contributed by atoms with Crippen LogP contribution >= 0.6 is 0 Å². The van der Waals surface area contributed by atoms with Gasteiger partial charge in [0.25, 0.3) is 0 Å². The van der Waals surface area contributed by atoms with Crippen molar-refractivity contribution in [1.29, 1.82) is 0 Å². The van der Waals surface area contributed by atoms with Gasteiger partial charge < -0.3 is 4.74 Å². The van der Waals surface area contributed by atoms with E-state index in [9.17, 15) is 0 Å². The lowest BCUT2D eigenvalue weighted by atomic mass is 9.86. The zero-order chi connectivity index (χ0) is 14.2. The van der Waals surface area contributed by atoms with Crippen LogP contribution in [0.3, 0.4) is 0 Å². The first kappa shape index (κ1) is 13.8. The molecule has 0 saturated carbocycles. The maximum absolute atomic E-state index is 5.38. The summed E-state index contributed by atoms with van der Waals surface area (Å²) in [6, 6.07) is 2.24. The Morgan fingerprint density at radius 2 is 2.20 bits per heavy atom. The van der Waals surface area contributed by atoms with Gasteiger partial charge in [-0.3, -0.25) is 9.88 Å². The largest absolute Gasteiger partial charge is 0.380 e. The van der Waals surface area contributed by atoms with E-state index in [1.165, 1.54) is 16.7 Å². The molecule has 3 nitrogen and oxygen atoms in total. The Bertz CT molecular complexity index is 519. The topological polar surface area (TPSA) is 25.4 Å². The summed E-state index contributed by atoms with van der Waals surface area (Å²) in [7, 11) is 0. The van der Waals surface area contributed by atoms with Crippen molar-refractivity contribution in [2.75, 3.05) is 32.8 Å². The molecule has 1 atom stereocenters. The van der Waals surface area contributed by atoms with Gasteiger partial charge in [0.05, 0.1) is 13.2 Å². The molecule has 0 N–H and O–H groups in total. The lowest BCUT2D eigenvalue weighted by molar-refractivity contribution is -0.114. The van der Waals surface area contributed by atoms with Crippen molar-refractivity contribution in [2.24, 2.45) is 11.3 Å². The van der Waals surface area contributed by atoms with Crippen molar-refractivity contribution < 1.29 is 4.74 Å². The lowest BCUT2D eigenvalue weighted by Crippen LogP contribution is -2.50. The van der Waals surface area contributed by atoms with Crippen molar-refractivity contribution in [2.45, 2.75) is 20.8 Å². The van der Waals surface area contributed by atoms with Crippen LogP contribution in [0, 0.1) is 18.3 Å². The Kier molecular flexibility index (Phi) is 3.65. The predicted molar refractivity (Wildman–Crippen MR) is 81.5 cm³/mol. The fraction of sp³-hybridized carbons (Fsp3) is 0.588. The zero-order valence-corrected chi connectivity index (χ0v) is 12.7. The molecule has 0 radical (unpaired) electrons. The average Bonchev–Trinajstić information content (AvgIpc) is 2.36. The third-order valence-corrected chi connectivity index (χ3v) is 4.18. The highest BCUT2D eigenvalue weighted by Gasteiger charge is 2.36. The van der Waals surface area contributed by atoms with E-state index in [1.54, 1.807) is 0 Å². The second kappa shape index (κ2) is 5.30. The standard InChI is InChI=1S/C17H24N2O/c1-13-4-15(7-18-6-13)16-5-14(2)8-19(9-16)10-17(3)11-20-12-17/h4-7,14H,8-12H2,1-3H3/t14-/m1/s1. The molecule has 20 heavy (non-hydrogen) atoms. The number of hydrogen-bond acceptors (Lipinski definition) is 3. The van der Waals surface area contributed by atoms with Crippen LogP contribution < -0.4 is 0 Å². The molecular weight excluding hydrogens is 248 g/mol. The summed E-state index contributed by atoms with van der Waals surface area (Å²) in [5.41, 5.74) is 4.28. The first-order valence-electron chi connectivity index (χ1n) is 7.47. The highest BCUT2D eigenvalue weighted by atomic mass is 16.5. The molecule has 3 heteroatoms. The van der Waals surface area contributed by atoms with Gasteiger partial charge in [0.2, 0.25) is 0 Å². The third kappa shape index (κ3) is 2.94. The molecule has 0 bridgehead atoms. The number of nitrogens with zero attached hydrogens (tertiary/aromatic N) is 2. The van der Waals surface area contributed by atoms with Gasteiger partial charge in [-0.1, -0.05) is 19.9 Å². The number of ether oxygens (including phenoxy) is 1. The maximum atomic E-state index is 5.38. The summed E-state index contributed by atoms with van der Waals surface area (Å²) < 4.78 is 5.38. The molecule has 3 rings (SSSR count). The SMILES string of the molecule is Cc1cncc(C2=C[C@@H](C)CN(CC3(C)COC3)C2)c1. The van der Waals surface area contributed by atoms with Gasteiger partial charge in [0.15, 0.2) is 0 Å². The van der Waals surface area contributed by atoms with Crippen LogP contribution in [0.1, 0.15) is 25.0 Å². The van der Waals surface area contributed by atoms with Gasteiger partial charge >= 0.3 is 0 Å². The summed E-state index contributed by atoms with van der Waals surface area (Å²) in [6.45, 7) is 11.9. The van der Waals surface area contributed by atoms with Crippen LogP contribution in [0.25, 0.3) is 5.57 Å². The minimum absolute atomic E-state index is 0.354. The van der Waals surface area contributed by atoms with Gasteiger partial charge in [0, 0.05) is 37.4 Å². The summed E-state index contributed by atoms with van der Waals surface area (Å²) in [6.07, 6.45) is 6.32. The number of aryl methyl sites for hydroxylation is 1. The van der Waals surface area contributed by atoms with Crippen LogP contribution in [-0.4, -0.2) is 42.7 Å². The fourth-order valence-electron chi connectivity index (χ4n) is 3.28. The van der Waals surface area contributed by atoms with Gasteiger partial charge in [-0.25, -0.2) is 0 Å². The molecule has 3 heterocycles. The highest BCUT2D eigenvalue weighted by molar-refractivity contribution is 5.67. The molecule has 0 spiro atoms. The molecular formula is C17H24N2O. The summed E-state index contributed by atoms with van der Waals surface area (Å²) in [5.74, 6) is 0.601. The van der Waals surface area contributed by atoms with Crippen molar-refractivity contribution in [3.8, 4) is 0 Å². The fourth-order valence-corrected chi connectivity index (χ4v) is 3.28. The maximum Gasteiger partial charge on any atom is 0.0554 e. The lowest BCUT2D eigenvalue weighted by Gasteiger charge is -2.43. The van der Waals surface area contributed by atoms with Gasteiger partial charge in [0.1, 0.15) is 0 Å². The zero-order valence-electron chi connectivity index (χ0n) is 12.7. The quantitative estimate of drug-likeness (QED) is 0.846. The van der Waals surface area contributed by atoms with E-state index < -0.39 is 0 Å². The van der Waals surface area contributed by atoms with Crippen molar-refractivity contribution in [1.82, 2.24) is 9.88 Å². The molecule has 1 fully saturated rings. The normalized spacial score (nSPS) is 25.9. The molecule has 108 valence electrons. The van der Waals surface area contributed by atoms with E-state index in [0.29, 0.717) is 11.3 Å². The molecule has 2 aliphatic rings. The van der Waals surface area contributed by atoms with Gasteiger partial charge in [-0.05, 0) is 35.6 Å². The van der Waals surface area contributed by atoms with Gasteiger partial charge in [-0.2, -0.15) is 0 Å². The Hall–Kier alpha value is -1.19. The van der Waals surface area contributed by atoms with Crippen molar-refractivity contribution in [3.05, 3.63) is 35.7 Å². The molecule has 0 aromatic carbocycles. The average molecular weight is 272 g/mol. The van der Waals surface area contributed by atoms with Gasteiger partial charge in [-0.15, -0.1) is 0 Å². The summed E-state index contributed by atoms with van der Waals surface area (Å²) in [4.78, 5) is 6.91. The van der Waals surface area contributed by atoms with E-state index in [1.807, 2.05) is 12.4 Å². The van der Waals surface area contributed by atoms with Crippen LogP contribution in [-0.2, 0) is 4.74 Å². The minimum atomic E-state index is 0.354. The van der Waals surface area contributed by atoms with E-state index in [2.05, 4.69) is 42.8 Å². The summed E-state index contributed by atoms with van der Waals surface area (Å²) in [5, 5.41) is 0. The summed E-state index contributed by atoms with van der Waals surface area (Å²) >= 11 is 0. The number of rotatable bonds is 3. The monoisotopic (exact) mass is 272 g/mol. The molecule has 0 aliphatic carbocycles. The number of pyridine rings is 1. The van der Waals surface area contributed by atoms with E-state index in [4.69, 9.17) is 4.74 Å². The third-order valence-electron chi connectivity index (χ3n) is 4.18.